The molecule has 108 valence electrons. The van der Waals surface area contributed by atoms with Gasteiger partial charge in [0.15, 0.2) is 0 Å². The zero-order chi connectivity index (χ0) is 13.6. The molecule has 0 spiro atoms. The second-order valence-electron chi connectivity index (χ2n) is 7.38. The number of hydrogen-bond acceptors (Lipinski definition) is 2. The minimum absolute atomic E-state index is 0.112. The molecule has 0 amide bonds. The number of rotatable bonds is 6. The van der Waals surface area contributed by atoms with E-state index in [0.29, 0.717) is 0 Å². The van der Waals surface area contributed by atoms with Crippen LogP contribution in [0.1, 0.15) is 73.1 Å². The van der Waals surface area contributed by atoms with Gasteiger partial charge in [-0.05, 0) is 46.0 Å². The van der Waals surface area contributed by atoms with Gasteiger partial charge in [0.25, 0.3) is 0 Å². The predicted molar refractivity (Wildman–Crippen MR) is 79.0 cm³/mol. The van der Waals surface area contributed by atoms with E-state index in [1.165, 1.54) is 38.5 Å². The van der Waals surface area contributed by atoms with Crippen molar-refractivity contribution in [2.45, 2.75) is 84.3 Å². The van der Waals surface area contributed by atoms with Gasteiger partial charge in [0.05, 0.1) is 5.60 Å². The van der Waals surface area contributed by atoms with Gasteiger partial charge in [0, 0.05) is 18.7 Å². The molecule has 0 unspecified atom stereocenters. The normalized spacial score (nSPS) is 20.3. The van der Waals surface area contributed by atoms with Crippen LogP contribution in [0.5, 0.6) is 0 Å². The maximum Gasteiger partial charge on any atom is 0.0806 e. The van der Waals surface area contributed by atoms with Gasteiger partial charge >= 0.3 is 0 Å². The van der Waals surface area contributed by atoms with E-state index in [1.54, 1.807) is 0 Å². The first-order valence-corrected chi connectivity index (χ1v) is 7.72. The van der Waals surface area contributed by atoms with Crippen molar-refractivity contribution in [3.05, 3.63) is 0 Å². The third-order valence-corrected chi connectivity index (χ3v) is 3.81. The van der Waals surface area contributed by atoms with Crippen LogP contribution >= 0.6 is 0 Å². The van der Waals surface area contributed by atoms with E-state index in [-0.39, 0.29) is 11.1 Å². The molecule has 0 aliphatic heterocycles. The molecule has 2 heteroatoms. The van der Waals surface area contributed by atoms with E-state index in [0.717, 1.165) is 19.1 Å². The molecule has 0 aromatic heterocycles. The lowest BCUT2D eigenvalue weighted by Gasteiger charge is -2.40. The average molecular weight is 255 g/mol. The van der Waals surface area contributed by atoms with Crippen LogP contribution in [0.3, 0.4) is 0 Å². The first-order chi connectivity index (χ1) is 8.33. The van der Waals surface area contributed by atoms with Crippen LogP contribution < -0.4 is 5.32 Å². The lowest BCUT2D eigenvalue weighted by Crippen LogP contribution is -2.50. The molecule has 2 nitrogen and oxygen atoms in total. The molecule has 1 aliphatic carbocycles. The van der Waals surface area contributed by atoms with Gasteiger partial charge in [-0.3, -0.25) is 0 Å². The molecule has 0 aromatic rings. The summed E-state index contributed by atoms with van der Waals surface area (Å²) in [6.07, 6.45) is 7.67. The van der Waals surface area contributed by atoms with Gasteiger partial charge in [-0.25, -0.2) is 0 Å². The summed E-state index contributed by atoms with van der Waals surface area (Å²) in [5.74, 6) is 0.737. The Morgan fingerprint density at radius 1 is 1.11 bits per heavy atom. The summed E-state index contributed by atoms with van der Waals surface area (Å²) in [5, 5.41) is 3.65. The summed E-state index contributed by atoms with van der Waals surface area (Å²) < 4.78 is 6.31. The van der Waals surface area contributed by atoms with Crippen LogP contribution in [0.4, 0.5) is 0 Å². The van der Waals surface area contributed by atoms with Crippen LogP contribution in [0.25, 0.3) is 0 Å². The maximum absolute atomic E-state index is 6.31. The van der Waals surface area contributed by atoms with E-state index in [4.69, 9.17) is 4.74 Å². The molecule has 0 atom stereocenters. The maximum atomic E-state index is 6.31. The quantitative estimate of drug-likeness (QED) is 0.770. The van der Waals surface area contributed by atoms with Crippen LogP contribution in [-0.2, 0) is 4.74 Å². The van der Waals surface area contributed by atoms with Crippen molar-refractivity contribution in [3.63, 3.8) is 0 Å². The molecule has 18 heavy (non-hydrogen) atoms. The number of ether oxygens (including phenoxy) is 1. The van der Waals surface area contributed by atoms with Gasteiger partial charge in [-0.2, -0.15) is 0 Å². The van der Waals surface area contributed by atoms with E-state index in [2.05, 4.69) is 39.9 Å². The Balaban J connectivity index is 2.46. The van der Waals surface area contributed by atoms with Crippen molar-refractivity contribution >= 4 is 0 Å². The lowest BCUT2D eigenvalue weighted by molar-refractivity contribution is -0.0743. The first-order valence-electron chi connectivity index (χ1n) is 7.72. The summed E-state index contributed by atoms with van der Waals surface area (Å²) in [4.78, 5) is 0. The van der Waals surface area contributed by atoms with Gasteiger partial charge in [0.2, 0.25) is 0 Å². The van der Waals surface area contributed by atoms with Crippen LogP contribution in [-0.4, -0.2) is 24.3 Å². The van der Waals surface area contributed by atoms with Crippen molar-refractivity contribution < 1.29 is 4.74 Å². The molecule has 1 aliphatic rings. The minimum Gasteiger partial charge on any atom is -0.374 e. The Labute approximate surface area is 114 Å². The highest BCUT2D eigenvalue weighted by Gasteiger charge is 2.33. The lowest BCUT2D eigenvalue weighted by atomic mass is 9.84. The number of hydrogen-bond donors (Lipinski definition) is 1. The molecular weight excluding hydrogens is 222 g/mol. The van der Waals surface area contributed by atoms with Crippen molar-refractivity contribution in [1.82, 2.24) is 5.32 Å². The van der Waals surface area contributed by atoms with Crippen molar-refractivity contribution in [1.29, 1.82) is 0 Å². The molecule has 1 rings (SSSR count). The Morgan fingerprint density at radius 2 is 1.72 bits per heavy atom. The number of nitrogens with one attached hydrogen (secondary N) is 1. The molecular formula is C16H33NO. The summed E-state index contributed by atoms with van der Waals surface area (Å²) in [6, 6.07) is 0. The highest BCUT2D eigenvalue weighted by Crippen LogP contribution is 2.32. The third-order valence-electron chi connectivity index (χ3n) is 3.81. The van der Waals surface area contributed by atoms with Crippen molar-refractivity contribution in [2.24, 2.45) is 5.92 Å². The summed E-state index contributed by atoms with van der Waals surface area (Å²) in [6.45, 7) is 13.2. The summed E-state index contributed by atoms with van der Waals surface area (Å²) >= 11 is 0. The summed E-state index contributed by atoms with van der Waals surface area (Å²) in [7, 11) is 0. The van der Waals surface area contributed by atoms with Crippen LogP contribution in [0.2, 0.25) is 0 Å². The predicted octanol–water partition coefficient (Wildman–Crippen LogP) is 4.14. The highest BCUT2D eigenvalue weighted by atomic mass is 16.5. The van der Waals surface area contributed by atoms with Gasteiger partial charge in [-0.1, -0.05) is 33.1 Å². The van der Waals surface area contributed by atoms with Crippen molar-refractivity contribution in [3.8, 4) is 0 Å². The fourth-order valence-corrected chi connectivity index (χ4v) is 2.51. The van der Waals surface area contributed by atoms with E-state index in [1.807, 2.05) is 0 Å². The molecule has 0 saturated heterocycles. The first kappa shape index (κ1) is 16.0. The zero-order valence-corrected chi connectivity index (χ0v) is 13.1. The SMILES string of the molecule is CC(C)CCOC1(CNC(C)(C)C)CCCCC1. The van der Waals surface area contributed by atoms with Crippen molar-refractivity contribution in [2.75, 3.05) is 13.2 Å². The molecule has 1 fully saturated rings. The Bertz CT molecular complexity index is 224. The van der Waals surface area contributed by atoms with Gasteiger partial charge < -0.3 is 10.1 Å². The third kappa shape index (κ3) is 6.19. The van der Waals surface area contributed by atoms with Gasteiger partial charge in [0.1, 0.15) is 0 Å². The molecule has 1 N–H and O–H groups in total. The Morgan fingerprint density at radius 3 is 2.22 bits per heavy atom. The molecule has 0 bridgehead atoms. The molecule has 0 aromatic carbocycles. The van der Waals surface area contributed by atoms with E-state index >= 15 is 0 Å². The Hall–Kier alpha value is -0.0800. The fraction of sp³-hybridized carbons (Fsp3) is 1.00. The second kappa shape index (κ2) is 6.91. The van der Waals surface area contributed by atoms with Crippen LogP contribution in [0, 0.1) is 5.92 Å². The van der Waals surface area contributed by atoms with E-state index in [9.17, 15) is 0 Å². The molecule has 0 heterocycles. The highest BCUT2D eigenvalue weighted by molar-refractivity contribution is 4.89. The van der Waals surface area contributed by atoms with Gasteiger partial charge in [-0.15, -0.1) is 0 Å². The standard InChI is InChI=1S/C16H33NO/c1-14(2)9-12-18-16(10-7-6-8-11-16)13-17-15(3,4)5/h14,17H,6-13H2,1-5H3. The average Bonchev–Trinajstić information content (AvgIpc) is 2.27. The fourth-order valence-electron chi connectivity index (χ4n) is 2.51. The molecule has 0 radical (unpaired) electrons. The monoisotopic (exact) mass is 255 g/mol. The largest absolute Gasteiger partial charge is 0.374 e. The Kier molecular flexibility index (Phi) is 6.13. The zero-order valence-electron chi connectivity index (χ0n) is 13.1. The minimum atomic E-state index is 0.112. The topological polar surface area (TPSA) is 21.3 Å². The summed E-state index contributed by atoms with van der Waals surface area (Å²) in [5.41, 5.74) is 0.298. The van der Waals surface area contributed by atoms with Crippen LogP contribution in [0.15, 0.2) is 0 Å². The smallest absolute Gasteiger partial charge is 0.0806 e. The second-order valence-corrected chi connectivity index (χ2v) is 7.38. The van der Waals surface area contributed by atoms with E-state index < -0.39 is 0 Å². The molecule has 1 saturated carbocycles.